The van der Waals surface area contributed by atoms with Crippen LogP contribution < -0.4 is 0 Å². The van der Waals surface area contributed by atoms with E-state index in [2.05, 4.69) is 0 Å². The highest BCUT2D eigenvalue weighted by atomic mass is 16.6. The molecule has 0 spiro atoms. The summed E-state index contributed by atoms with van der Waals surface area (Å²) in [5.74, 6) is -0.556. The van der Waals surface area contributed by atoms with Crippen molar-refractivity contribution in [2.45, 2.75) is 6.10 Å². The van der Waals surface area contributed by atoms with Gasteiger partial charge in [0.25, 0.3) is 5.91 Å². The normalized spacial score (nSPS) is 12.2. The van der Waals surface area contributed by atoms with Crippen molar-refractivity contribution >= 4 is 11.7 Å². The van der Waals surface area contributed by atoms with E-state index in [1.165, 1.54) is 42.8 Å². The molecule has 0 aliphatic heterocycles. The predicted octanol–water partition coefficient (Wildman–Crippen LogP) is 0.0126. The summed E-state index contributed by atoms with van der Waals surface area (Å²) in [6, 6.07) is 2.66. The molecule has 0 fully saturated rings. The number of ether oxygens (including phenoxy) is 1. The molecule has 1 amide bonds. The molecule has 8 nitrogen and oxygen atoms in total. The SMILES string of the molecule is COCC(O)CN(C)C(=O)c1ccc([N+](=O)[O-])n1C. The van der Waals surface area contributed by atoms with Crippen LogP contribution in [-0.2, 0) is 11.8 Å². The van der Waals surface area contributed by atoms with Gasteiger partial charge in [-0.05, 0) is 11.0 Å². The maximum absolute atomic E-state index is 12.1. The average Bonchev–Trinajstić information content (AvgIpc) is 2.70. The first kappa shape index (κ1) is 15.1. The predicted molar refractivity (Wildman–Crippen MR) is 66.9 cm³/mol. The Morgan fingerprint density at radius 2 is 2.26 bits per heavy atom. The lowest BCUT2D eigenvalue weighted by atomic mass is 10.3. The molecule has 8 heteroatoms. The van der Waals surface area contributed by atoms with Gasteiger partial charge in [0.05, 0.1) is 19.8 Å². The van der Waals surface area contributed by atoms with Gasteiger partial charge in [-0.3, -0.25) is 4.79 Å². The third-order valence-corrected chi connectivity index (χ3v) is 2.69. The summed E-state index contributed by atoms with van der Waals surface area (Å²) in [4.78, 5) is 23.5. The Balaban J connectivity index is 2.80. The van der Waals surface area contributed by atoms with E-state index in [0.717, 1.165) is 0 Å². The molecule has 0 aliphatic carbocycles. The van der Waals surface area contributed by atoms with E-state index in [1.54, 1.807) is 0 Å². The molecule has 0 bridgehead atoms. The number of amides is 1. The maximum Gasteiger partial charge on any atom is 0.323 e. The van der Waals surface area contributed by atoms with E-state index in [4.69, 9.17) is 4.74 Å². The minimum absolute atomic E-state index is 0.0889. The van der Waals surface area contributed by atoms with Crippen molar-refractivity contribution in [2.75, 3.05) is 27.3 Å². The maximum atomic E-state index is 12.1. The minimum Gasteiger partial charge on any atom is -0.389 e. The van der Waals surface area contributed by atoms with Gasteiger partial charge in [0.1, 0.15) is 0 Å². The summed E-state index contributed by atoms with van der Waals surface area (Å²) in [7, 11) is 4.41. The molecule has 1 unspecified atom stereocenters. The number of likely N-dealkylation sites (N-methyl/N-ethyl adjacent to an activating group) is 1. The Morgan fingerprint density at radius 3 is 2.74 bits per heavy atom. The van der Waals surface area contributed by atoms with Crippen LogP contribution in [0.25, 0.3) is 0 Å². The Morgan fingerprint density at radius 1 is 1.63 bits per heavy atom. The van der Waals surface area contributed by atoms with Gasteiger partial charge in [-0.25, -0.2) is 4.57 Å². The first-order valence-corrected chi connectivity index (χ1v) is 5.61. The Bertz CT molecular complexity index is 471. The smallest absolute Gasteiger partial charge is 0.323 e. The summed E-state index contributed by atoms with van der Waals surface area (Å²) < 4.78 is 5.98. The van der Waals surface area contributed by atoms with Crippen LogP contribution in [0.15, 0.2) is 12.1 Å². The lowest BCUT2D eigenvalue weighted by molar-refractivity contribution is -0.391. The number of methoxy groups -OCH3 is 1. The van der Waals surface area contributed by atoms with E-state index >= 15 is 0 Å². The topological polar surface area (TPSA) is 97.8 Å². The van der Waals surface area contributed by atoms with Gasteiger partial charge >= 0.3 is 5.82 Å². The third-order valence-electron chi connectivity index (χ3n) is 2.69. The molecule has 0 radical (unpaired) electrons. The molecule has 0 saturated heterocycles. The molecule has 0 aliphatic rings. The molecule has 106 valence electrons. The van der Waals surface area contributed by atoms with Crippen molar-refractivity contribution in [3.8, 4) is 0 Å². The highest BCUT2D eigenvalue weighted by Gasteiger charge is 2.24. The van der Waals surface area contributed by atoms with Crippen molar-refractivity contribution in [2.24, 2.45) is 7.05 Å². The highest BCUT2D eigenvalue weighted by Crippen LogP contribution is 2.16. The van der Waals surface area contributed by atoms with Gasteiger partial charge in [-0.2, -0.15) is 0 Å². The zero-order chi connectivity index (χ0) is 14.6. The van der Waals surface area contributed by atoms with Crippen molar-refractivity contribution in [3.63, 3.8) is 0 Å². The number of nitro groups is 1. The number of hydrogen-bond donors (Lipinski definition) is 1. The van der Waals surface area contributed by atoms with Crippen LogP contribution in [-0.4, -0.2) is 58.8 Å². The number of carbonyl (C=O) groups is 1. The number of carbonyl (C=O) groups excluding carboxylic acids is 1. The fraction of sp³-hybridized carbons (Fsp3) is 0.545. The van der Waals surface area contributed by atoms with E-state index in [0.29, 0.717) is 0 Å². The number of hydrogen-bond acceptors (Lipinski definition) is 5. The van der Waals surface area contributed by atoms with Crippen LogP contribution in [0.1, 0.15) is 10.5 Å². The molecular formula is C11H17N3O5. The molecule has 1 aromatic rings. The van der Waals surface area contributed by atoms with Crippen LogP contribution >= 0.6 is 0 Å². The molecule has 0 saturated carbocycles. The first-order valence-electron chi connectivity index (χ1n) is 5.61. The minimum atomic E-state index is -0.797. The van der Waals surface area contributed by atoms with Gasteiger partial charge < -0.3 is 24.9 Å². The summed E-state index contributed by atoms with van der Waals surface area (Å²) in [6.45, 7) is 0.205. The summed E-state index contributed by atoms with van der Waals surface area (Å²) >= 11 is 0. The number of rotatable bonds is 6. The fourth-order valence-corrected chi connectivity index (χ4v) is 1.74. The van der Waals surface area contributed by atoms with Crippen LogP contribution in [0.3, 0.4) is 0 Å². The van der Waals surface area contributed by atoms with Gasteiger partial charge in [0, 0.05) is 26.8 Å². The Hall–Kier alpha value is -1.93. The summed E-state index contributed by atoms with van der Waals surface area (Å²) in [6.07, 6.45) is -0.797. The van der Waals surface area contributed by atoms with Crippen molar-refractivity contribution in [3.05, 3.63) is 27.9 Å². The first-order chi connectivity index (χ1) is 8.88. The molecule has 0 aromatic carbocycles. The van der Waals surface area contributed by atoms with Crippen LogP contribution in [0.5, 0.6) is 0 Å². The van der Waals surface area contributed by atoms with E-state index in [1.807, 2.05) is 0 Å². The van der Waals surface area contributed by atoms with Crippen molar-refractivity contribution in [1.29, 1.82) is 0 Å². The fourth-order valence-electron chi connectivity index (χ4n) is 1.74. The molecule has 1 rings (SSSR count). The van der Waals surface area contributed by atoms with E-state index in [9.17, 15) is 20.0 Å². The Labute approximate surface area is 110 Å². The number of aliphatic hydroxyl groups is 1. The number of nitrogens with zero attached hydrogens (tertiary/aromatic N) is 3. The lowest BCUT2D eigenvalue weighted by Gasteiger charge is -2.19. The zero-order valence-electron chi connectivity index (χ0n) is 11.1. The highest BCUT2D eigenvalue weighted by molar-refractivity contribution is 5.93. The average molecular weight is 271 g/mol. The second-order valence-electron chi connectivity index (χ2n) is 4.19. The molecule has 19 heavy (non-hydrogen) atoms. The standard InChI is InChI=1S/C11H17N3O5/c1-12(6-8(15)7-19-3)11(16)9-4-5-10(13(9)2)14(17)18/h4-5,8,15H,6-7H2,1-3H3. The number of aliphatic hydroxyl groups excluding tert-OH is 1. The van der Waals surface area contributed by atoms with Crippen LogP contribution in [0, 0.1) is 10.1 Å². The second kappa shape index (κ2) is 6.30. The Kier molecular flexibility index (Phi) is 5.02. The summed E-state index contributed by atoms with van der Waals surface area (Å²) in [5.41, 5.74) is 0.193. The van der Waals surface area contributed by atoms with Gasteiger partial charge in [-0.15, -0.1) is 0 Å². The summed E-state index contributed by atoms with van der Waals surface area (Å²) in [5, 5.41) is 20.2. The molecular weight excluding hydrogens is 254 g/mol. The zero-order valence-corrected chi connectivity index (χ0v) is 11.1. The largest absolute Gasteiger partial charge is 0.389 e. The van der Waals surface area contributed by atoms with Crippen LogP contribution in [0.4, 0.5) is 5.82 Å². The third kappa shape index (κ3) is 3.52. The van der Waals surface area contributed by atoms with Gasteiger partial charge in [-0.1, -0.05) is 0 Å². The van der Waals surface area contributed by atoms with Crippen molar-refractivity contribution < 1.29 is 19.6 Å². The van der Waals surface area contributed by atoms with Gasteiger partial charge in [0.15, 0.2) is 5.69 Å². The second-order valence-corrected chi connectivity index (χ2v) is 4.19. The molecule has 1 atom stereocenters. The monoisotopic (exact) mass is 271 g/mol. The van der Waals surface area contributed by atoms with Crippen LogP contribution in [0.2, 0.25) is 0 Å². The van der Waals surface area contributed by atoms with Crippen molar-refractivity contribution in [1.82, 2.24) is 9.47 Å². The van der Waals surface area contributed by atoms with Gasteiger partial charge in [0.2, 0.25) is 0 Å². The van der Waals surface area contributed by atoms with E-state index in [-0.39, 0.29) is 24.7 Å². The molecule has 1 N–H and O–H groups in total. The lowest BCUT2D eigenvalue weighted by Crippen LogP contribution is -2.37. The number of aromatic nitrogens is 1. The molecule has 1 aromatic heterocycles. The molecule has 1 heterocycles. The van der Waals surface area contributed by atoms with E-state index < -0.39 is 16.9 Å². The quantitative estimate of drug-likeness (QED) is 0.580.